The second-order valence-corrected chi connectivity index (χ2v) is 5.50. The van der Waals surface area contributed by atoms with Gasteiger partial charge in [0.2, 0.25) is 0 Å². The minimum atomic E-state index is -0.359. The number of unbranched alkanes of at least 4 members (excludes halogenated alkanes) is 1. The molecule has 22 heavy (non-hydrogen) atoms. The quantitative estimate of drug-likeness (QED) is 0.579. The van der Waals surface area contributed by atoms with E-state index in [0.717, 1.165) is 19.3 Å². The molecule has 4 heteroatoms. The van der Waals surface area contributed by atoms with Gasteiger partial charge in [-0.15, -0.1) is 6.58 Å². The number of fused-ring (bicyclic) bond motifs is 1. The van der Waals surface area contributed by atoms with Gasteiger partial charge in [-0.3, -0.25) is 9.69 Å². The van der Waals surface area contributed by atoms with Crippen LogP contribution in [-0.2, 0) is 4.74 Å². The largest absolute Gasteiger partial charge is 0.449 e. The molecule has 0 bridgehead atoms. The van der Waals surface area contributed by atoms with Crippen molar-refractivity contribution in [2.24, 2.45) is 0 Å². The van der Waals surface area contributed by atoms with E-state index in [-0.39, 0.29) is 17.9 Å². The Labute approximate surface area is 131 Å². The highest BCUT2D eigenvalue weighted by Crippen LogP contribution is 2.33. The molecular weight excluding hydrogens is 278 g/mol. The highest BCUT2D eigenvalue weighted by atomic mass is 16.6. The number of amides is 1. The van der Waals surface area contributed by atoms with Crippen LogP contribution in [0.1, 0.15) is 49.4 Å². The smallest absolute Gasteiger partial charge is 0.414 e. The van der Waals surface area contributed by atoms with Crippen molar-refractivity contribution in [3.8, 4) is 0 Å². The van der Waals surface area contributed by atoms with Crippen molar-refractivity contribution in [3.63, 3.8) is 0 Å². The molecule has 1 aromatic rings. The molecule has 2 rings (SSSR count). The summed E-state index contributed by atoms with van der Waals surface area (Å²) in [7, 11) is 0. The van der Waals surface area contributed by atoms with Crippen LogP contribution in [0.15, 0.2) is 36.9 Å². The lowest BCUT2D eigenvalue weighted by atomic mass is 9.92. The molecule has 118 valence electrons. The molecule has 0 aromatic heterocycles. The molecule has 1 atom stereocenters. The van der Waals surface area contributed by atoms with Crippen LogP contribution in [0, 0.1) is 0 Å². The SMILES string of the molecule is C=CCCC1CC(=O)c2ccccc2N1C(=O)OCCCC. The summed E-state index contributed by atoms with van der Waals surface area (Å²) >= 11 is 0. The van der Waals surface area contributed by atoms with Crippen molar-refractivity contribution in [1.29, 1.82) is 0 Å². The highest BCUT2D eigenvalue weighted by Gasteiger charge is 2.35. The lowest BCUT2D eigenvalue weighted by Crippen LogP contribution is -2.45. The normalized spacial score (nSPS) is 17.0. The molecule has 0 saturated carbocycles. The van der Waals surface area contributed by atoms with E-state index in [0.29, 0.717) is 30.7 Å². The van der Waals surface area contributed by atoms with Crippen LogP contribution >= 0.6 is 0 Å². The summed E-state index contributed by atoms with van der Waals surface area (Å²) in [5, 5.41) is 0. The summed E-state index contributed by atoms with van der Waals surface area (Å²) in [5.74, 6) is 0.0854. The number of para-hydroxylation sites is 1. The van der Waals surface area contributed by atoms with E-state index >= 15 is 0 Å². The maximum Gasteiger partial charge on any atom is 0.414 e. The summed E-state index contributed by atoms with van der Waals surface area (Å²) in [4.78, 5) is 26.4. The van der Waals surface area contributed by atoms with Gasteiger partial charge in [-0.05, 0) is 31.4 Å². The van der Waals surface area contributed by atoms with E-state index in [1.54, 1.807) is 11.0 Å². The second kappa shape index (κ2) is 7.78. The summed E-state index contributed by atoms with van der Waals surface area (Å²) in [6.45, 7) is 6.18. The van der Waals surface area contributed by atoms with Crippen molar-refractivity contribution in [2.75, 3.05) is 11.5 Å². The van der Waals surface area contributed by atoms with E-state index in [9.17, 15) is 9.59 Å². The van der Waals surface area contributed by atoms with Crippen molar-refractivity contribution >= 4 is 17.6 Å². The number of hydrogen-bond acceptors (Lipinski definition) is 3. The number of nitrogens with zero attached hydrogens (tertiary/aromatic N) is 1. The van der Waals surface area contributed by atoms with Crippen LogP contribution in [0.5, 0.6) is 0 Å². The number of benzene rings is 1. The number of Topliss-reactive ketones (excluding diaryl/α,β-unsaturated/α-hetero) is 1. The molecule has 1 amide bonds. The molecule has 0 N–H and O–H groups in total. The number of carbonyl (C=O) groups excluding carboxylic acids is 2. The van der Waals surface area contributed by atoms with E-state index in [1.165, 1.54) is 0 Å². The molecule has 1 heterocycles. The maximum absolute atomic E-state index is 12.5. The third-order valence-corrected chi connectivity index (χ3v) is 3.87. The molecule has 0 aliphatic carbocycles. The van der Waals surface area contributed by atoms with Gasteiger partial charge in [0.15, 0.2) is 5.78 Å². The Morgan fingerprint density at radius 3 is 2.95 bits per heavy atom. The Hall–Kier alpha value is -2.10. The van der Waals surface area contributed by atoms with Gasteiger partial charge in [0.05, 0.1) is 12.3 Å². The monoisotopic (exact) mass is 301 g/mol. The first kappa shape index (κ1) is 16.3. The summed E-state index contributed by atoms with van der Waals surface area (Å²) in [6, 6.07) is 7.09. The first-order chi connectivity index (χ1) is 10.7. The fourth-order valence-corrected chi connectivity index (χ4v) is 2.69. The Kier molecular flexibility index (Phi) is 5.75. The molecule has 0 spiro atoms. The van der Waals surface area contributed by atoms with Crippen LogP contribution in [0.25, 0.3) is 0 Å². The zero-order chi connectivity index (χ0) is 15.9. The molecule has 1 aliphatic heterocycles. The number of anilines is 1. The van der Waals surface area contributed by atoms with Crippen LogP contribution in [-0.4, -0.2) is 24.5 Å². The molecule has 4 nitrogen and oxygen atoms in total. The van der Waals surface area contributed by atoms with Gasteiger partial charge in [-0.25, -0.2) is 4.79 Å². The topological polar surface area (TPSA) is 46.6 Å². The zero-order valence-electron chi connectivity index (χ0n) is 13.1. The van der Waals surface area contributed by atoms with Gasteiger partial charge in [0.25, 0.3) is 0 Å². The van der Waals surface area contributed by atoms with Gasteiger partial charge < -0.3 is 4.74 Å². The Bertz CT molecular complexity index is 553. The Morgan fingerprint density at radius 1 is 1.45 bits per heavy atom. The van der Waals surface area contributed by atoms with Crippen LogP contribution in [0.2, 0.25) is 0 Å². The van der Waals surface area contributed by atoms with Crippen molar-refractivity contribution in [1.82, 2.24) is 0 Å². The highest BCUT2D eigenvalue weighted by molar-refractivity contribution is 6.08. The lowest BCUT2D eigenvalue weighted by Gasteiger charge is -2.35. The van der Waals surface area contributed by atoms with Gasteiger partial charge in [0.1, 0.15) is 0 Å². The minimum absolute atomic E-state index is 0.0854. The van der Waals surface area contributed by atoms with Gasteiger partial charge in [-0.1, -0.05) is 31.6 Å². The molecule has 1 aromatic carbocycles. The Balaban J connectivity index is 2.26. The van der Waals surface area contributed by atoms with E-state index < -0.39 is 0 Å². The average Bonchev–Trinajstić information content (AvgIpc) is 2.53. The molecule has 0 saturated heterocycles. The van der Waals surface area contributed by atoms with Gasteiger partial charge >= 0.3 is 6.09 Å². The minimum Gasteiger partial charge on any atom is -0.449 e. The van der Waals surface area contributed by atoms with Crippen LogP contribution < -0.4 is 4.90 Å². The van der Waals surface area contributed by atoms with Crippen molar-refractivity contribution in [3.05, 3.63) is 42.5 Å². The number of carbonyl (C=O) groups is 2. The molecule has 1 aliphatic rings. The molecule has 1 unspecified atom stereocenters. The van der Waals surface area contributed by atoms with Crippen molar-refractivity contribution < 1.29 is 14.3 Å². The van der Waals surface area contributed by atoms with E-state index in [1.807, 2.05) is 24.3 Å². The summed E-state index contributed by atoms with van der Waals surface area (Å²) in [5.41, 5.74) is 1.26. The standard InChI is InChI=1S/C18H23NO3/c1-3-5-9-14-13-17(20)15-10-7-8-11-16(15)19(14)18(21)22-12-6-4-2/h3,7-8,10-11,14H,1,4-6,9,12-13H2,2H3. The van der Waals surface area contributed by atoms with E-state index in [4.69, 9.17) is 4.74 Å². The third kappa shape index (κ3) is 3.56. The van der Waals surface area contributed by atoms with E-state index in [2.05, 4.69) is 13.5 Å². The lowest BCUT2D eigenvalue weighted by molar-refractivity contribution is 0.0960. The predicted molar refractivity (Wildman–Crippen MR) is 87.3 cm³/mol. The fourth-order valence-electron chi connectivity index (χ4n) is 2.69. The summed E-state index contributed by atoms with van der Waals surface area (Å²) in [6.07, 6.45) is 5.09. The molecular formula is C18H23NO3. The average molecular weight is 301 g/mol. The third-order valence-electron chi connectivity index (χ3n) is 3.87. The van der Waals surface area contributed by atoms with Crippen LogP contribution in [0.4, 0.5) is 10.5 Å². The van der Waals surface area contributed by atoms with Crippen LogP contribution in [0.3, 0.4) is 0 Å². The molecule has 0 radical (unpaired) electrons. The first-order valence-electron chi connectivity index (χ1n) is 7.88. The van der Waals surface area contributed by atoms with Gasteiger partial charge in [-0.2, -0.15) is 0 Å². The summed E-state index contributed by atoms with van der Waals surface area (Å²) < 4.78 is 5.37. The second-order valence-electron chi connectivity index (χ2n) is 5.50. The fraction of sp³-hybridized carbons (Fsp3) is 0.444. The Morgan fingerprint density at radius 2 is 2.23 bits per heavy atom. The number of ether oxygens (including phenoxy) is 1. The number of allylic oxidation sites excluding steroid dienone is 1. The zero-order valence-corrected chi connectivity index (χ0v) is 13.1. The molecule has 0 fully saturated rings. The maximum atomic E-state index is 12.5. The number of ketones is 1. The first-order valence-corrected chi connectivity index (χ1v) is 7.88. The number of rotatable bonds is 6. The number of hydrogen-bond donors (Lipinski definition) is 0. The predicted octanol–water partition coefficient (Wildman–Crippen LogP) is 4.35. The van der Waals surface area contributed by atoms with Crippen molar-refractivity contribution in [2.45, 2.75) is 45.1 Å². The van der Waals surface area contributed by atoms with Gasteiger partial charge in [0, 0.05) is 18.0 Å².